The minimum Gasteiger partial charge on any atom is -0.396 e. The molecule has 5 heteroatoms. The van der Waals surface area contributed by atoms with Crippen molar-refractivity contribution in [3.8, 4) is 0 Å². The van der Waals surface area contributed by atoms with E-state index in [1.54, 1.807) is 18.3 Å². The lowest BCUT2D eigenvalue weighted by Crippen LogP contribution is -2.13. The summed E-state index contributed by atoms with van der Waals surface area (Å²) in [6.45, 7) is 0. The lowest BCUT2D eigenvalue weighted by atomic mass is 10.1. The number of hydrogen-bond acceptors (Lipinski definition) is 3. The number of hydrogen-bond donors (Lipinski definition) is 2. The smallest absolute Gasteiger partial charge is 0.255 e. The van der Waals surface area contributed by atoms with Gasteiger partial charge in [0.05, 0.1) is 17.6 Å². The molecule has 3 aromatic rings. The Bertz CT molecular complexity index is 833. The van der Waals surface area contributed by atoms with Crippen molar-refractivity contribution >= 4 is 44.0 Å². The first-order chi connectivity index (χ1) is 10.1. The van der Waals surface area contributed by atoms with Crippen LogP contribution in [0.25, 0.3) is 10.8 Å². The molecule has 0 spiro atoms. The van der Waals surface area contributed by atoms with Crippen LogP contribution in [-0.2, 0) is 0 Å². The Morgan fingerprint density at radius 2 is 1.86 bits per heavy atom. The number of carbonyl (C=O) groups is 1. The molecule has 0 aliphatic carbocycles. The molecule has 1 amide bonds. The maximum Gasteiger partial charge on any atom is 0.255 e. The lowest BCUT2D eigenvalue weighted by molar-refractivity contribution is 0.102. The van der Waals surface area contributed by atoms with Gasteiger partial charge >= 0.3 is 0 Å². The number of carbonyl (C=O) groups excluding carboxylic acids is 1. The summed E-state index contributed by atoms with van der Waals surface area (Å²) in [5, 5.41) is 4.87. The monoisotopic (exact) mass is 341 g/mol. The Labute approximate surface area is 130 Å². The van der Waals surface area contributed by atoms with Crippen molar-refractivity contribution in [1.82, 2.24) is 4.98 Å². The molecule has 0 aliphatic rings. The Balaban J connectivity index is 1.91. The predicted molar refractivity (Wildman–Crippen MR) is 88.3 cm³/mol. The molecular formula is C16H12BrN3O. The van der Waals surface area contributed by atoms with Crippen LogP contribution < -0.4 is 11.1 Å². The van der Waals surface area contributed by atoms with Gasteiger partial charge in [0.2, 0.25) is 0 Å². The Hall–Kier alpha value is -2.40. The third kappa shape index (κ3) is 2.87. The van der Waals surface area contributed by atoms with Crippen LogP contribution >= 0.6 is 15.9 Å². The number of nitrogen functional groups attached to an aromatic ring is 1. The Morgan fingerprint density at radius 3 is 2.67 bits per heavy atom. The predicted octanol–water partition coefficient (Wildman–Crippen LogP) is 3.83. The summed E-state index contributed by atoms with van der Waals surface area (Å²) in [5.74, 6) is -0.197. The Kier molecular flexibility index (Phi) is 3.58. The van der Waals surface area contributed by atoms with Gasteiger partial charge < -0.3 is 11.1 Å². The van der Waals surface area contributed by atoms with E-state index in [2.05, 4.69) is 26.2 Å². The van der Waals surface area contributed by atoms with E-state index in [0.717, 1.165) is 15.2 Å². The second kappa shape index (κ2) is 5.54. The van der Waals surface area contributed by atoms with Gasteiger partial charge in [0.1, 0.15) is 0 Å². The number of pyridine rings is 1. The highest BCUT2D eigenvalue weighted by molar-refractivity contribution is 9.10. The van der Waals surface area contributed by atoms with Gasteiger partial charge in [-0.1, -0.05) is 28.1 Å². The molecule has 0 saturated carbocycles. The molecule has 3 rings (SSSR count). The average Bonchev–Trinajstić information content (AvgIpc) is 2.49. The molecule has 1 heterocycles. The molecule has 3 N–H and O–H groups in total. The molecule has 0 atom stereocenters. The largest absolute Gasteiger partial charge is 0.396 e. The van der Waals surface area contributed by atoms with Gasteiger partial charge in [0.15, 0.2) is 0 Å². The highest BCUT2D eigenvalue weighted by Crippen LogP contribution is 2.22. The summed E-state index contributed by atoms with van der Waals surface area (Å²) in [5.41, 5.74) is 7.36. The summed E-state index contributed by atoms with van der Waals surface area (Å²) in [6.07, 6.45) is 3.09. The number of benzene rings is 2. The maximum atomic E-state index is 12.3. The van der Waals surface area contributed by atoms with E-state index in [4.69, 9.17) is 5.73 Å². The van der Waals surface area contributed by atoms with Gasteiger partial charge in [-0.2, -0.15) is 0 Å². The van der Waals surface area contributed by atoms with E-state index in [0.29, 0.717) is 16.9 Å². The van der Waals surface area contributed by atoms with Crippen LogP contribution in [0, 0.1) is 0 Å². The number of amides is 1. The first kappa shape index (κ1) is 13.6. The molecule has 104 valence electrons. The van der Waals surface area contributed by atoms with Gasteiger partial charge in [0, 0.05) is 16.2 Å². The van der Waals surface area contributed by atoms with Gasteiger partial charge in [-0.25, -0.2) is 0 Å². The van der Waals surface area contributed by atoms with Gasteiger partial charge in [0.25, 0.3) is 5.91 Å². The van der Waals surface area contributed by atoms with Gasteiger partial charge in [-0.15, -0.1) is 0 Å². The Morgan fingerprint density at radius 1 is 1.10 bits per heavy atom. The van der Waals surface area contributed by atoms with Crippen molar-refractivity contribution in [2.75, 3.05) is 11.1 Å². The molecule has 21 heavy (non-hydrogen) atoms. The molecule has 0 unspecified atom stereocenters. The number of fused-ring (bicyclic) bond motifs is 1. The van der Waals surface area contributed by atoms with Crippen LogP contribution in [0.4, 0.5) is 11.4 Å². The van der Waals surface area contributed by atoms with E-state index in [1.807, 2.05) is 30.3 Å². The zero-order chi connectivity index (χ0) is 14.8. The fourth-order valence-electron chi connectivity index (χ4n) is 2.07. The third-order valence-corrected chi connectivity index (χ3v) is 3.66. The molecule has 0 aliphatic heterocycles. The second-order valence-electron chi connectivity index (χ2n) is 4.62. The first-order valence-corrected chi connectivity index (χ1v) is 7.13. The van der Waals surface area contributed by atoms with Crippen LogP contribution in [-0.4, -0.2) is 10.9 Å². The number of anilines is 2. The minimum absolute atomic E-state index is 0.197. The fourth-order valence-corrected chi connectivity index (χ4v) is 2.45. The van der Waals surface area contributed by atoms with Crippen LogP contribution in [0.2, 0.25) is 0 Å². The van der Waals surface area contributed by atoms with Gasteiger partial charge in [-0.3, -0.25) is 9.78 Å². The molecule has 1 aromatic heterocycles. The van der Waals surface area contributed by atoms with E-state index >= 15 is 0 Å². The number of aromatic nitrogens is 1. The molecule has 0 saturated heterocycles. The highest BCUT2D eigenvalue weighted by atomic mass is 79.9. The van der Waals surface area contributed by atoms with Crippen molar-refractivity contribution in [1.29, 1.82) is 0 Å². The van der Waals surface area contributed by atoms with Crippen LogP contribution in [0.5, 0.6) is 0 Å². The number of nitrogens with one attached hydrogen (secondary N) is 1. The lowest BCUT2D eigenvalue weighted by Gasteiger charge is -2.08. The second-order valence-corrected chi connectivity index (χ2v) is 5.54. The standard InChI is InChI=1S/C16H12BrN3O/c17-13-4-3-10-7-12(2-1-11(10)8-13)16(21)20-15-5-6-19-9-14(15)18/h1-9H,18H2,(H,19,20,21). The molecule has 0 radical (unpaired) electrons. The highest BCUT2D eigenvalue weighted by Gasteiger charge is 2.08. The molecule has 4 nitrogen and oxygen atoms in total. The number of nitrogens with zero attached hydrogens (tertiary/aromatic N) is 1. The summed E-state index contributed by atoms with van der Waals surface area (Å²) >= 11 is 3.43. The summed E-state index contributed by atoms with van der Waals surface area (Å²) in [4.78, 5) is 16.2. The van der Waals surface area contributed by atoms with Crippen molar-refractivity contribution < 1.29 is 4.79 Å². The molecule has 0 bridgehead atoms. The van der Waals surface area contributed by atoms with Crippen molar-refractivity contribution in [2.24, 2.45) is 0 Å². The molecule has 2 aromatic carbocycles. The third-order valence-electron chi connectivity index (χ3n) is 3.16. The SMILES string of the molecule is Nc1cnccc1NC(=O)c1ccc2cc(Br)ccc2c1. The van der Waals surface area contributed by atoms with E-state index < -0.39 is 0 Å². The summed E-state index contributed by atoms with van der Waals surface area (Å²) < 4.78 is 1.01. The quantitative estimate of drug-likeness (QED) is 0.744. The minimum atomic E-state index is -0.197. The summed E-state index contributed by atoms with van der Waals surface area (Å²) in [7, 11) is 0. The van der Waals surface area contributed by atoms with Crippen LogP contribution in [0.3, 0.4) is 0 Å². The average molecular weight is 342 g/mol. The number of nitrogens with two attached hydrogens (primary N) is 1. The topological polar surface area (TPSA) is 68.0 Å². The fraction of sp³-hybridized carbons (Fsp3) is 0. The van der Waals surface area contributed by atoms with Crippen LogP contribution in [0.15, 0.2) is 59.3 Å². The van der Waals surface area contributed by atoms with E-state index in [9.17, 15) is 4.79 Å². The maximum absolute atomic E-state index is 12.3. The zero-order valence-electron chi connectivity index (χ0n) is 11.0. The number of rotatable bonds is 2. The number of halogens is 1. The normalized spacial score (nSPS) is 10.5. The first-order valence-electron chi connectivity index (χ1n) is 6.33. The van der Waals surface area contributed by atoms with E-state index in [-0.39, 0.29) is 5.91 Å². The van der Waals surface area contributed by atoms with Crippen molar-refractivity contribution in [3.05, 3.63) is 64.9 Å². The zero-order valence-corrected chi connectivity index (χ0v) is 12.6. The summed E-state index contributed by atoms with van der Waals surface area (Å²) in [6, 6.07) is 13.2. The van der Waals surface area contributed by atoms with E-state index in [1.165, 1.54) is 6.20 Å². The van der Waals surface area contributed by atoms with Crippen molar-refractivity contribution in [2.45, 2.75) is 0 Å². The van der Waals surface area contributed by atoms with Crippen LogP contribution in [0.1, 0.15) is 10.4 Å². The molecule has 0 fully saturated rings. The van der Waals surface area contributed by atoms with Gasteiger partial charge in [-0.05, 0) is 41.1 Å². The molecular weight excluding hydrogens is 330 g/mol. The van der Waals surface area contributed by atoms with Crippen molar-refractivity contribution in [3.63, 3.8) is 0 Å².